The molecular weight excluding hydrogens is 544 g/mol. The summed E-state index contributed by atoms with van der Waals surface area (Å²) in [5.41, 5.74) is 3.66. The summed E-state index contributed by atoms with van der Waals surface area (Å²) >= 11 is 0. The number of para-hydroxylation sites is 2. The van der Waals surface area contributed by atoms with Gasteiger partial charge in [0.2, 0.25) is 5.91 Å². The van der Waals surface area contributed by atoms with Crippen molar-refractivity contribution in [3.05, 3.63) is 60.2 Å². The van der Waals surface area contributed by atoms with Gasteiger partial charge in [0.25, 0.3) is 0 Å². The molecule has 2 N–H and O–H groups in total. The minimum atomic E-state index is -0.232. The van der Waals surface area contributed by atoms with Gasteiger partial charge in [0.15, 0.2) is 0 Å². The van der Waals surface area contributed by atoms with E-state index in [1.54, 1.807) is 7.11 Å². The predicted molar refractivity (Wildman–Crippen MR) is 174 cm³/mol. The Balaban J connectivity index is 0.973. The van der Waals surface area contributed by atoms with Crippen LogP contribution in [0.1, 0.15) is 89.0 Å². The van der Waals surface area contributed by atoms with Gasteiger partial charge in [-0.05, 0) is 135 Å². The smallest absolute Gasteiger partial charge is 0.312 e. The Kier molecular flexibility index (Phi) is 7.10. The third-order valence-electron chi connectivity index (χ3n) is 13.9. The lowest BCUT2D eigenvalue weighted by molar-refractivity contribution is -0.156. The zero-order valence-electron chi connectivity index (χ0n) is 26.5. The fourth-order valence-electron chi connectivity index (χ4n) is 12.5. The van der Waals surface area contributed by atoms with E-state index in [1.165, 1.54) is 63.4 Å². The number of nitrogens with one attached hydrogen (secondary N) is 2. The fourth-order valence-corrected chi connectivity index (χ4v) is 12.5. The van der Waals surface area contributed by atoms with Crippen LogP contribution in [0, 0.1) is 51.8 Å². The monoisotopic (exact) mass is 594 g/mol. The van der Waals surface area contributed by atoms with E-state index >= 15 is 0 Å². The minimum Gasteiger partial charge on any atom is -0.469 e. The lowest BCUT2D eigenvalue weighted by Crippen LogP contribution is -2.46. The zero-order chi connectivity index (χ0) is 29.9. The first-order valence-electron chi connectivity index (χ1n) is 17.7. The molecule has 2 aromatic carbocycles. The molecule has 0 heterocycles. The Hall–Kier alpha value is -2.82. The van der Waals surface area contributed by atoms with E-state index in [2.05, 4.69) is 47.0 Å². The van der Waals surface area contributed by atoms with Crippen molar-refractivity contribution < 1.29 is 14.3 Å². The molecule has 5 heteroatoms. The van der Waals surface area contributed by atoms with Crippen molar-refractivity contribution in [3.63, 3.8) is 0 Å². The summed E-state index contributed by atoms with van der Waals surface area (Å²) in [6.07, 6.45) is 16.7. The third-order valence-corrected chi connectivity index (χ3v) is 13.9. The highest BCUT2D eigenvalue weighted by molar-refractivity contribution is 5.95. The van der Waals surface area contributed by atoms with Crippen molar-refractivity contribution in [1.29, 1.82) is 0 Å². The molecule has 6 aliphatic rings. The van der Waals surface area contributed by atoms with Crippen molar-refractivity contribution in [2.45, 2.75) is 89.9 Å². The molecule has 0 aliphatic heterocycles. The van der Waals surface area contributed by atoms with Crippen LogP contribution in [0.5, 0.6) is 0 Å². The average Bonchev–Trinajstić information content (AvgIpc) is 3.32. The Labute approximate surface area is 263 Å². The molecule has 0 radical (unpaired) electrons. The van der Waals surface area contributed by atoms with Crippen LogP contribution in [0.2, 0.25) is 0 Å². The summed E-state index contributed by atoms with van der Waals surface area (Å²) < 4.78 is 5.55. The van der Waals surface area contributed by atoms with Crippen molar-refractivity contribution in [1.82, 2.24) is 0 Å². The molecule has 9 unspecified atom stereocenters. The maximum atomic E-state index is 13.9. The molecule has 2 aromatic rings. The standard InChI is InChI=1S/C39H50N2O3/c1-44-36(43)39-14-7-10-27-18-32(39)24-38(20-27,25-39)37-21-28-16-29(19-31(23-37)30(17-28)22-37)35(42)41-34-12-6-5-11-33(34)40-15-13-26-8-3-2-4-9-26/h2-6,8-9,11-12,27-32,40H,7,10,13-25H2,1H3,(H,41,42). The second kappa shape index (κ2) is 10.9. The van der Waals surface area contributed by atoms with Crippen LogP contribution in [0.15, 0.2) is 54.6 Å². The highest BCUT2D eigenvalue weighted by Gasteiger charge is 2.71. The van der Waals surface area contributed by atoms with Crippen molar-refractivity contribution >= 4 is 23.3 Å². The summed E-state index contributed by atoms with van der Waals surface area (Å²) in [5.74, 6) is 3.72. The van der Waals surface area contributed by atoms with Crippen molar-refractivity contribution in [2.24, 2.45) is 51.8 Å². The van der Waals surface area contributed by atoms with Gasteiger partial charge >= 0.3 is 5.97 Å². The molecule has 234 valence electrons. The maximum Gasteiger partial charge on any atom is 0.312 e. The lowest BCUT2D eigenvalue weighted by atomic mass is 9.50. The van der Waals surface area contributed by atoms with Crippen LogP contribution in [0.25, 0.3) is 0 Å². The highest BCUT2D eigenvalue weighted by atomic mass is 16.5. The molecule has 0 aromatic heterocycles. The summed E-state index contributed by atoms with van der Waals surface area (Å²) in [6, 6.07) is 18.7. The van der Waals surface area contributed by atoms with E-state index in [9.17, 15) is 9.59 Å². The van der Waals surface area contributed by atoms with Crippen molar-refractivity contribution in [3.8, 4) is 0 Å². The number of hydrogen-bond acceptors (Lipinski definition) is 4. The SMILES string of the molecule is COC(=O)C12CCCC3CC1CC(C14CC5CC(C(=O)Nc6ccccc6NCCc6ccccc6)CC(C1)C(C5)C4)(C3)C2. The van der Waals surface area contributed by atoms with E-state index < -0.39 is 0 Å². The van der Waals surface area contributed by atoms with E-state index in [0.717, 1.165) is 61.9 Å². The van der Waals surface area contributed by atoms with Gasteiger partial charge in [0.1, 0.15) is 0 Å². The summed E-state index contributed by atoms with van der Waals surface area (Å²) in [6.45, 7) is 0.828. The fraction of sp³-hybridized carbons (Fsp3) is 0.641. The normalized spacial score (nSPS) is 39.8. The van der Waals surface area contributed by atoms with Gasteiger partial charge in [-0.25, -0.2) is 0 Å². The molecule has 0 spiro atoms. The van der Waals surface area contributed by atoms with Crippen LogP contribution in [-0.4, -0.2) is 25.5 Å². The lowest BCUT2D eigenvalue weighted by Gasteiger charge is -2.55. The molecule has 0 saturated heterocycles. The largest absolute Gasteiger partial charge is 0.469 e. The number of hydrogen-bond donors (Lipinski definition) is 2. The van der Waals surface area contributed by atoms with Crippen LogP contribution < -0.4 is 10.6 Å². The Bertz CT molecular complexity index is 1410. The molecule has 5 nitrogen and oxygen atoms in total. The Morgan fingerprint density at radius 1 is 0.818 bits per heavy atom. The highest BCUT2D eigenvalue weighted by Crippen LogP contribution is 2.78. The minimum absolute atomic E-state index is 0.0875. The number of benzene rings is 2. The van der Waals surface area contributed by atoms with E-state index in [1.807, 2.05) is 18.2 Å². The summed E-state index contributed by atoms with van der Waals surface area (Å²) in [4.78, 5) is 27.4. The molecule has 6 saturated carbocycles. The molecule has 6 bridgehead atoms. The Morgan fingerprint density at radius 3 is 2.39 bits per heavy atom. The van der Waals surface area contributed by atoms with Gasteiger partial charge in [-0.15, -0.1) is 0 Å². The number of fused-ring (bicyclic) bond motifs is 5. The number of esters is 1. The number of rotatable bonds is 8. The molecule has 9 atom stereocenters. The van der Waals surface area contributed by atoms with Crippen LogP contribution in [0.3, 0.4) is 0 Å². The number of ether oxygens (including phenoxy) is 1. The van der Waals surface area contributed by atoms with Gasteiger partial charge in [0, 0.05) is 12.5 Å². The first-order chi connectivity index (χ1) is 21.4. The quantitative estimate of drug-likeness (QED) is 0.302. The number of methoxy groups -OCH3 is 1. The predicted octanol–water partition coefficient (Wildman–Crippen LogP) is 8.26. The van der Waals surface area contributed by atoms with Gasteiger partial charge in [-0.3, -0.25) is 9.59 Å². The van der Waals surface area contributed by atoms with Crippen LogP contribution in [-0.2, 0) is 20.7 Å². The second-order valence-corrected chi connectivity index (χ2v) is 16.1. The van der Waals surface area contributed by atoms with E-state index in [0.29, 0.717) is 28.6 Å². The average molecular weight is 595 g/mol. The summed E-state index contributed by atoms with van der Waals surface area (Å²) in [7, 11) is 1.62. The van der Waals surface area contributed by atoms with Gasteiger partial charge in [-0.2, -0.15) is 0 Å². The number of amides is 1. The first-order valence-corrected chi connectivity index (χ1v) is 17.7. The molecule has 6 aliphatic carbocycles. The number of carbonyl (C=O) groups excluding carboxylic acids is 2. The first kappa shape index (κ1) is 28.6. The molecule has 44 heavy (non-hydrogen) atoms. The van der Waals surface area contributed by atoms with Crippen LogP contribution >= 0.6 is 0 Å². The molecular formula is C39H50N2O3. The maximum absolute atomic E-state index is 13.9. The molecule has 1 amide bonds. The third kappa shape index (κ3) is 4.62. The number of carbonyl (C=O) groups is 2. The zero-order valence-corrected chi connectivity index (χ0v) is 26.5. The van der Waals surface area contributed by atoms with Gasteiger partial charge < -0.3 is 15.4 Å². The van der Waals surface area contributed by atoms with Crippen molar-refractivity contribution in [2.75, 3.05) is 24.3 Å². The molecule has 8 rings (SSSR count). The second-order valence-electron chi connectivity index (χ2n) is 16.1. The van der Waals surface area contributed by atoms with E-state index in [-0.39, 0.29) is 23.2 Å². The van der Waals surface area contributed by atoms with Gasteiger partial charge in [-0.1, -0.05) is 55.3 Å². The number of anilines is 2. The Morgan fingerprint density at radius 2 is 1.57 bits per heavy atom. The van der Waals surface area contributed by atoms with E-state index in [4.69, 9.17) is 4.74 Å². The molecule has 6 fully saturated rings. The van der Waals surface area contributed by atoms with Crippen LogP contribution in [0.4, 0.5) is 11.4 Å². The topological polar surface area (TPSA) is 67.4 Å². The van der Waals surface area contributed by atoms with Gasteiger partial charge in [0.05, 0.1) is 23.9 Å². The summed E-state index contributed by atoms with van der Waals surface area (Å²) in [5, 5.41) is 6.95.